The molecule has 1 N–H and O–H groups in total. The summed E-state index contributed by atoms with van der Waals surface area (Å²) in [6.45, 7) is 0. The van der Waals surface area contributed by atoms with E-state index in [2.05, 4.69) is 10.5 Å². The van der Waals surface area contributed by atoms with Crippen molar-refractivity contribution in [2.75, 3.05) is 11.1 Å². The highest BCUT2D eigenvalue weighted by molar-refractivity contribution is 7.99. The van der Waals surface area contributed by atoms with E-state index in [1.54, 1.807) is 24.3 Å². The summed E-state index contributed by atoms with van der Waals surface area (Å²) in [7, 11) is 0. The monoisotopic (exact) mass is 494 g/mol. The molecule has 30 heavy (non-hydrogen) atoms. The number of anilines is 1. The van der Waals surface area contributed by atoms with E-state index in [9.17, 15) is 18.0 Å². The molecule has 0 saturated heterocycles. The molecule has 0 fully saturated rings. The van der Waals surface area contributed by atoms with Gasteiger partial charge in [-0.3, -0.25) is 4.79 Å². The van der Waals surface area contributed by atoms with Crippen molar-refractivity contribution in [2.45, 2.75) is 11.9 Å². The summed E-state index contributed by atoms with van der Waals surface area (Å²) in [5.74, 6) is 0.0159. The average Bonchev–Trinajstić information content (AvgIpc) is 3.11. The molecule has 0 atom stereocenters. The van der Waals surface area contributed by atoms with Gasteiger partial charge in [-0.1, -0.05) is 46.0 Å². The number of hydrogen-bond donors (Lipinski definition) is 1. The van der Waals surface area contributed by atoms with E-state index in [-0.39, 0.29) is 16.5 Å². The van der Waals surface area contributed by atoms with Crippen LogP contribution in [-0.2, 0) is 16.7 Å². The lowest BCUT2D eigenvalue weighted by Gasteiger charge is -2.14. The van der Waals surface area contributed by atoms with Crippen LogP contribution in [0.15, 0.2) is 47.0 Å². The predicted octanol–water partition coefficient (Wildman–Crippen LogP) is 7.19. The first-order valence-corrected chi connectivity index (χ1v) is 10.6. The fourth-order valence-electron chi connectivity index (χ4n) is 2.51. The Labute approximate surface area is 188 Å². The average molecular weight is 496 g/mol. The van der Waals surface area contributed by atoms with Crippen LogP contribution in [-0.4, -0.2) is 16.8 Å². The van der Waals surface area contributed by atoms with Crippen molar-refractivity contribution in [2.24, 2.45) is 0 Å². The number of benzene rings is 2. The Kier molecular flexibility index (Phi) is 7.23. The molecule has 0 aliphatic rings. The number of rotatable bonds is 6. The molecule has 3 aromatic rings. The maximum atomic E-state index is 13.1. The summed E-state index contributed by atoms with van der Waals surface area (Å²) in [6.07, 6.45) is -4.64. The number of carbonyl (C=O) groups excluding carboxylic acids is 1. The first-order valence-electron chi connectivity index (χ1n) is 8.29. The van der Waals surface area contributed by atoms with Crippen molar-refractivity contribution in [3.05, 3.63) is 68.9 Å². The zero-order valence-electron chi connectivity index (χ0n) is 14.9. The van der Waals surface area contributed by atoms with E-state index in [1.165, 1.54) is 12.1 Å². The second-order valence-corrected chi connectivity index (χ2v) is 8.24. The van der Waals surface area contributed by atoms with Crippen LogP contribution in [0.4, 0.5) is 18.9 Å². The third-order valence-electron chi connectivity index (χ3n) is 3.83. The van der Waals surface area contributed by atoms with E-state index >= 15 is 0 Å². The fraction of sp³-hybridized carbons (Fsp3) is 0.158. The van der Waals surface area contributed by atoms with Gasteiger partial charge in [-0.2, -0.15) is 13.2 Å². The molecule has 0 spiro atoms. The summed E-state index contributed by atoms with van der Waals surface area (Å²) in [5, 5.41) is 6.87. The van der Waals surface area contributed by atoms with Gasteiger partial charge in [0, 0.05) is 16.7 Å². The Morgan fingerprint density at radius 3 is 2.57 bits per heavy atom. The number of alkyl halides is 3. The maximum Gasteiger partial charge on any atom is 0.418 e. The predicted molar refractivity (Wildman–Crippen MR) is 113 cm³/mol. The number of para-hydroxylation sites is 1. The van der Waals surface area contributed by atoms with E-state index in [0.29, 0.717) is 27.1 Å². The molecule has 0 bridgehead atoms. The van der Waals surface area contributed by atoms with Crippen LogP contribution in [0.3, 0.4) is 0 Å². The lowest BCUT2D eigenvalue weighted by Crippen LogP contribution is -2.18. The van der Waals surface area contributed by atoms with Crippen molar-refractivity contribution in [1.29, 1.82) is 0 Å². The molecular formula is C19H12Cl3F3N2O2S. The minimum absolute atomic E-state index is 0.111. The molecule has 0 radical (unpaired) electrons. The van der Waals surface area contributed by atoms with E-state index in [0.717, 1.165) is 17.8 Å². The highest BCUT2D eigenvalue weighted by Gasteiger charge is 2.34. The van der Waals surface area contributed by atoms with E-state index < -0.39 is 23.3 Å². The molecule has 0 aliphatic carbocycles. The molecule has 0 saturated carbocycles. The smallest absolute Gasteiger partial charge is 0.360 e. The fourth-order valence-corrected chi connectivity index (χ4v) is 3.94. The second kappa shape index (κ2) is 9.51. The summed E-state index contributed by atoms with van der Waals surface area (Å²) >= 11 is 19.0. The summed E-state index contributed by atoms with van der Waals surface area (Å²) in [5.41, 5.74) is -0.329. The van der Waals surface area contributed by atoms with E-state index in [1.807, 2.05) is 0 Å². The maximum absolute atomic E-state index is 13.1. The topological polar surface area (TPSA) is 55.1 Å². The number of nitrogens with zero attached hydrogens (tertiary/aromatic N) is 1. The van der Waals surface area contributed by atoms with E-state index in [4.69, 9.17) is 39.3 Å². The minimum Gasteiger partial charge on any atom is -0.360 e. The Morgan fingerprint density at radius 2 is 1.87 bits per heavy atom. The van der Waals surface area contributed by atoms with Gasteiger partial charge in [-0.05, 0) is 30.3 Å². The molecule has 2 aromatic carbocycles. The van der Waals surface area contributed by atoms with Crippen LogP contribution in [0, 0.1) is 0 Å². The summed E-state index contributed by atoms with van der Waals surface area (Å²) in [4.78, 5) is 12.1. The Morgan fingerprint density at radius 1 is 1.10 bits per heavy atom. The third kappa shape index (κ3) is 5.63. The number of nitrogens with one attached hydrogen (secondary N) is 1. The standard InChI is InChI=1S/C19H12Cl3F3N2O2S/c20-10-4-5-12(15(22)6-10)16-7-11(29-27-16)8-30-9-17(28)26-18-13(19(23,24)25)2-1-3-14(18)21/h1-7H,8-9H2,(H,26,28). The van der Waals surface area contributed by atoms with Gasteiger partial charge in [-0.25, -0.2) is 0 Å². The quantitative estimate of drug-likeness (QED) is 0.393. The van der Waals surface area contributed by atoms with Gasteiger partial charge in [0.25, 0.3) is 0 Å². The number of halogens is 6. The highest BCUT2D eigenvalue weighted by Crippen LogP contribution is 2.38. The minimum atomic E-state index is -4.64. The Bertz CT molecular complexity index is 1070. The van der Waals surface area contributed by atoms with Crippen LogP contribution in [0.5, 0.6) is 0 Å². The van der Waals surface area contributed by atoms with Gasteiger partial charge in [-0.15, -0.1) is 11.8 Å². The van der Waals surface area contributed by atoms with Crippen LogP contribution >= 0.6 is 46.6 Å². The van der Waals surface area contributed by atoms with Crippen molar-refractivity contribution in [1.82, 2.24) is 5.16 Å². The van der Waals surface area contributed by atoms with Gasteiger partial charge >= 0.3 is 6.18 Å². The zero-order valence-corrected chi connectivity index (χ0v) is 18.0. The lowest BCUT2D eigenvalue weighted by atomic mass is 10.1. The number of aromatic nitrogens is 1. The summed E-state index contributed by atoms with van der Waals surface area (Å²) < 4.78 is 44.5. The van der Waals surface area contributed by atoms with Crippen LogP contribution in [0.2, 0.25) is 15.1 Å². The zero-order chi connectivity index (χ0) is 21.9. The Hall–Kier alpha value is -1.87. The molecule has 4 nitrogen and oxygen atoms in total. The molecule has 1 heterocycles. The number of hydrogen-bond acceptors (Lipinski definition) is 4. The molecule has 11 heteroatoms. The Balaban J connectivity index is 1.59. The highest BCUT2D eigenvalue weighted by atomic mass is 35.5. The number of amides is 1. The largest absolute Gasteiger partial charge is 0.418 e. The lowest BCUT2D eigenvalue weighted by molar-refractivity contribution is -0.137. The molecule has 1 amide bonds. The molecule has 0 unspecified atom stereocenters. The molecular weight excluding hydrogens is 484 g/mol. The second-order valence-electron chi connectivity index (χ2n) is 6.00. The van der Waals surface area contributed by atoms with Crippen molar-refractivity contribution in [3.8, 4) is 11.3 Å². The molecule has 1 aromatic heterocycles. The third-order valence-corrected chi connectivity index (χ3v) is 5.64. The van der Waals surface area contributed by atoms with Gasteiger partial charge < -0.3 is 9.84 Å². The SMILES string of the molecule is O=C(CSCc1cc(-c2ccc(Cl)cc2Cl)no1)Nc1c(Cl)cccc1C(F)(F)F. The first-order chi connectivity index (χ1) is 14.1. The van der Waals surface area contributed by atoms with Crippen molar-refractivity contribution in [3.63, 3.8) is 0 Å². The molecule has 158 valence electrons. The van der Waals surface area contributed by atoms with Crippen molar-refractivity contribution < 1.29 is 22.5 Å². The number of carbonyl (C=O) groups is 1. The van der Waals surface area contributed by atoms with Crippen LogP contribution < -0.4 is 5.32 Å². The van der Waals surface area contributed by atoms with Crippen LogP contribution in [0.25, 0.3) is 11.3 Å². The first kappa shape index (κ1) is 22.8. The van der Waals surface area contributed by atoms with Gasteiger partial charge in [0.1, 0.15) is 11.5 Å². The normalized spacial score (nSPS) is 11.5. The summed E-state index contributed by atoms with van der Waals surface area (Å²) in [6, 6.07) is 9.91. The van der Waals surface area contributed by atoms with Crippen LogP contribution in [0.1, 0.15) is 11.3 Å². The van der Waals surface area contributed by atoms with Crippen molar-refractivity contribution >= 4 is 58.2 Å². The van der Waals surface area contributed by atoms with Gasteiger partial charge in [0.15, 0.2) is 0 Å². The molecule has 0 aliphatic heterocycles. The van der Waals surface area contributed by atoms with Gasteiger partial charge in [0.05, 0.1) is 32.8 Å². The number of thioether (sulfide) groups is 1. The molecule has 3 rings (SSSR count). The van der Waals surface area contributed by atoms with Gasteiger partial charge in [0.2, 0.25) is 5.91 Å².